The Kier molecular flexibility index (Phi) is 5.19. The monoisotopic (exact) mass is 413 g/mol. The van der Waals surface area contributed by atoms with E-state index in [1.165, 1.54) is 10.8 Å². The summed E-state index contributed by atoms with van der Waals surface area (Å²) < 4.78 is 14.7. The van der Waals surface area contributed by atoms with Gasteiger partial charge in [0.1, 0.15) is 11.6 Å². The molecule has 5 nitrogen and oxygen atoms in total. The fraction of sp³-hybridized carbons (Fsp3) is 0.500. The number of benzene rings is 1. The topological polar surface area (TPSA) is 75.1 Å². The van der Waals surface area contributed by atoms with E-state index in [1.807, 2.05) is 6.07 Å². The van der Waals surface area contributed by atoms with Gasteiger partial charge in [0.15, 0.2) is 0 Å². The lowest BCUT2D eigenvalue weighted by Crippen LogP contribution is -2.40. The van der Waals surface area contributed by atoms with Crippen molar-refractivity contribution in [2.24, 2.45) is 5.92 Å². The van der Waals surface area contributed by atoms with Gasteiger partial charge < -0.3 is 10.4 Å². The van der Waals surface area contributed by atoms with Gasteiger partial charge >= 0.3 is 5.97 Å². The number of hydrogen-bond donors (Lipinski definition) is 2. The van der Waals surface area contributed by atoms with Crippen LogP contribution in [-0.2, 0) is 11.2 Å². The molecule has 0 aliphatic heterocycles. The molecule has 0 unspecified atom stereocenters. The summed E-state index contributed by atoms with van der Waals surface area (Å²) in [6.07, 6.45) is 7.47. The van der Waals surface area contributed by atoms with Crippen molar-refractivity contribution in [1.29, 1.82) is 0 Å². The number of nitrogens with zero attached hydrogens (tertiary/aromatic N) is 2. The number of aromatic nitrogens is 2. The van der Waals surface area contributed by atoms with Gasteiger partial charge in [-0.15, -0.1) is 0 Å². The number of carbonyl (C=O) groups is 1. The summed E-state index contributed by atoms with van der Waals surface area (Å²) in [4.78, 5) is 20.4. The van der Waals surface area contributed by atoms with E-state index in [4.69, 9.17) is 0 Å². The smallest absolute Gasteiger partial charge is 0.307 e. The lowest BCUT2D eigenvalue weighted by molar-refractivity contribution is -0.142. The van der Waals surface area contributed by atoms with Crippen molar-refractivity contribution in [1.82, 2.24) is 9.97 Å². The first-order valence-corrected chi connectivity index (χ1v) is 13.9. The summed E-state index contributed by atoms with van der Waals surface area (Å²) in [7, 11) is -1.54. The highest BCUT2D eigenvalue weighted by atomic mass is 28.3. The molecule has 0 radical (unpaired) electrons. The lowest BCUT2D eigenvalue weighted by atomic mass is 9.93. The van der Waals surface area contributed by atoms with Crippen LogP contribution in [0.25, 0.3) is 0 Å². The Morgan fingerprint density at radius 2 is 1.97 bits per heavy atom. The summed E-state index contributed by atoms with van der Waals surface area (Å²) in [6, 6.07) is 3.46. The molecule has 154 valence electrons. The van der Waals surface area contributed by atoms with Crippen LogP contribution in [-0.4, -0.2) is 29.1 Å². The minimum Gasteiger partial charge on any atom is -0.481 e. The van der Waals surface area contributed by atoms with E-state index in [0.717, 1.165) is 36.9 Å². The Hall–Kier alpha value is -2.28. The maximum atomic E-state index is 14.7. The molecule has 2 aliphatic carbocycles. The van der Waals surface area contributed by atoms with E-state index in [0.29, 0.717) is 12.2 Å². The van der Waals surface area contributed by atoms with E-state index in [2.05, 4.69) is 34.9 Å². The van der Waals surface area contributed by atoms with Crippen LogP contribution in [0, 0.1) is 11.7 Å². The second kappa shape index (κ2) is 7.52. The number of nitrogens with one attached hydrogen (secondary N) is 1. The molecule has 1 aromatic heterocycles. The van der Waals surface area contributed by atoms with Gasteiger partial charge in [0.05, 0.1) is 38.1 Å². The number of fused-ring (bicyclic) bond motifs is 1. The zero-order valence-corrected chi connectivity index (χ0v) is 18.2. The lowest BCUT2D eigenvalue weighted by Gasteiger charge is -2.22. The first-order chi connectivity index (χ1) is 13.8. The van der Waals surface area contributed by atoms with Crippen LogP contribution in [0.3, 0.4) is 0 Å². The van der Waals surface area contributed by atoms with Gasteiger partial charge in [0.25, 0.3) is 0 Å². The highest BCUT2D eigenvalue weighted by Gasteiger charge is 2.35. The van der Waals surface area contributed by atoms with Crippen LogP contribution in [0.2, 0.25) is 19.6 Å². The van der Waals surface area contributed by atoms with Gasteiger partial charge in [0.2, 0.25) is 0 Å². The molecule has 2 aromatic rings. The number of anilines is 1. The second-order valence-corrected chi connectivity index (χ2v) is 14.3. The van der Waals surface area contributed by atoms with Crippen molar-refractivity contribution in [2.45, 2.75) is 63.7 Å². The average molecular weight is 414 g/mol. The van der Waals surface area contributed by atoms with E-state index in [-0.39, 0.29) is 23.7 Å². The Balaban J connectivity index is 1.54. The molecule has 2 aliphatic rings. The predicted octanol–water partition coefficient (Wildman–Crippen LogP) is 4.23. The second-order valence-electron chi connectivity index (χ2n) is 9.28. The third-order valence-electron chi connectivity index (χ3n) is 6.35. The molecule has 4 rings (SSSR count). The standard InChI is InChI=1S/C22H28FN3O2Si/c1-29(2,3)19-10-8-16(23)21-15(19)7-9-17(21)26-20-12-24-18(11-25-20)13-5-4-6-14(13)22(27)28/h8,10-14,17H,4-7,9H2,1-3H3,(H,25,26)(H,27,28)/t13-,14-,17+/m0/s1. The van der Waals surface area contributed by atoms with E-state index < -0.39 is 14.0 Å². The van der Waals surface area contributed by atoms with Crippen molar-refractivity contribution < 1.29 is 14.3 Å². The van der Waals surface area contributed by atoms with Gasteiger partial charge in [-0.2, -0.15) is 0 Å². The van der Waals surface area contributed by atoms with Gasteiger partial charge in [-0.1, -0.05) is 37.3 Å². The Morgan fingerprint density at radius 3 is 2.62 bits per heavy atom. The maximum Gasteiger partial charge on any atom is 0.307 e. The third kappa shape index (κ3) is 3.80. The Morgan fingerprint density at radius 1 is 1.17 bits per heavy atom. The van der Waals surface area contributed by atoms with Crippen molar-refractivity contribution in [3.8, 4) is 0 Å². The number of carboxylic acids is 1. The number of halogens is 1. The molecule has 0 amide bonds. The number of aliphatic carboxylic acids is 1. The number of rotatable bonds is 5. The average Bonchev–Trinajstić information content (AvgIpc) is 3.30. The molecule has 0 saturated heterocycles. The fourth-order valence-corrected chi connectivity index (χ4v) is 6.70. The minimum absolute atomic E-state index is 0.0713. The molecule has 1 aromatic carbocycles. The third-order valence-corrected chi connectivity index (χ3v) is 8.43. The molecule has 1 fully saturated rings. The fourth-order valence-electron chi connectivity index (χ4n) is 4.95. The molecule has 0 spiro atoms. The molecule has 1 heterocycles. The summed E-state index contributed by atoms with van der Waals surface area (Å²) in [6.45, 7) is 6.87. The summed E-state index contributed by atoms with van der Waals surface area (Å²) in [5.41, 5.74) is 2.68. The summed E-state index contributed by atoms with van der Waals surface area (Å²) in [5, 5.41) is 14.1. The van der Waals surface area contributed by atoms with Crippen molar-refractivity contribution in [2.75, 3.05) is 5.32 Å². The molecule has 7 heteroatoms. The first-order valence-electron chi connectivity index (χ1n) is 10.4. The number of carboxylic acid groups (broad SMARTS) is 1. The van der Waals surface area contributed by atoms with Gasteiger partial charge in [-0.25, -0.2) is 9.37 Å². The van der Waals surface area contributed by atoms with Crippen LogP contribution in [0.5, 0.6) is 0 Å². The molecule has 29 heavy (non-hydrogen) atoms. The van der Waals surface area contributed by atoms with Gasteiger partial charge in [-0.3, -0.25) is 9.78 Å². The van der Waals surface area contributed by atoms with Crippen LogP contribution >= 0.6 is 0 Å². The summed E-state index contributed by atoms with van der Waals surface area (Å²) >= 11 is 0. The largest absolute Gasteiger partial charge is 0.481 e. The zero-order valence-electron chi connectivity index (χ0n) is 17.2. The summed E-state index contributed by atoms with van der Waals surface area (Å²) in [5.74, 6) is -0.754. The highest BCUT2D eigenvalue weighted by Crippen LogP contribution is 2.39. The zero-order chi connectivity index (χ0) is 20.8. The number of hydrogen-bond acceptors (Lipinski definition) is 4. The SMILES string of the molecule is C[Si](C)(C)c1ccc(F)c2c1CC[C@H]2Nc1cnc([C@H]2CCC[C@@H]2C(=O)O)cn1. The molecule has 0 bridgehead atoms. The molecular formula is C22H28FN3O2Si. The van der Waals surface area contributed by atoms with Crippen LogP contribution in [0.4, 0.5) is 10.2 Å². The first kappa shape index (κ1) is 20.0. The van der Waals surface area contributed by atoms with Gasteiger partial charge in [-0.05, 0) is 37.3 Å². The van der Waals surface area contributed by atoms with Crippen LogP contribution < -0.4 is 10.5 Å². The quantitative estimate of drug-likeness (QED) is 0.718. The molecular weight excluding hydrogens is 385 g/mol. The van der Waals surface area contributed by atoms with Crippen molar-refractivity contribution in [3.05, 3.63) is 47.2 Å². The van der Waals surface area contributed by atoms with E-state index >= 15 is 0 Å². The normalized spacial score (nSPS) is 23.8. The Bertz CT molecular complexity index is 927. The molecule has 1 saturated carbocycles. The van der Waals surface area contributed by atoms with Crippen LogP contribution in [0.15, 0.2) is 24.5 Å². The maximum absolute atomic E-state index is 14.7. The predicted molar refractivity (Wildman–Crippen MR) is 114 cm³/mol. The van der Waals surface area contributed by atoms with E-state index in [1.54, 1.807) is 18.5 Å². The van der Waals surface area contributed by atoms with Crippen molar-refractivity contribution in [3.63, 3.8) is 0 Å². The molecule has 2 N–H and O–H groups in total. The van der Waals surface area contributed by atoms with Crippen molar-refractivity contribution >= 4 is 25.0 Å². The Labute approximate surface area is 171 Å². The highest BCUT2D eigenvalue weighted by molar-refractivity contribution is 6.89. The van der Waals surface area contributed by atoms with E-state index in [9.17, 15) is 14.3 Å². The van der Waals surface area contributed by atoms with Crippen LogP contribution in [0.1, 0.15) is 54.5 Å². The minimum atomic E-state index is -1.54. The van der Waals surface area contributed by atoms with Gasteiger partial charge in [0, 0.05) is 11.5 Å². The molecule has 3 atom stereocenters.